The summed E-state index contributed by atoms with van der Waals surface area (Å²) in [5.74, 6) is 0. The first-order valence-corrected chi connectivity index (χ1v) is 12.0. The van der Waals surface area contributed by atoms with Crippen molar-refractivity contribution in [1.29, 1.82) is 0 Å². The second kappa shape index (κ2) is 7.69. The van der Waals surface area contributed by atoms with Gasteiger partial charge in [0, 0.05) is 28.6 Å². The first-order valence-electron chi connectivity index (χ1n) is 8.03. The van der Waals surface area contributed by atoms with E-state index in [1.807, 2.05) is 12.1 Å². The lowest BCUT2D eigenvalue weighted by atomic mass is 10.3. The highest BCUT2D eigenvalue weighted by atomic mass is 32.3. The van der Waals surface area contributed by atoms with E-state index in [-0.39, 0.29) is 4.75 Å². The number of hydrogen-bond acceptors (Lipinski definition) is 8. The van der Waals surface area contributed by atoms with E-state index in [0.717, 1.165) is 19.7 Å². The molecule has 0 unspecified atom stereocenters. The molecule has 4 aromatic rings. The molecule has 0 atom stereocenters. The van der Waals surface area contributed by atoms with Crippen LogP contribution in [0.3, 0.4) is 0 Å². The third-order valence-electron chi connectivity index (χ3n) is 3.20. The average Bonchev–Trinajstić information content (AvgIpc) is 3.15. The summed E-state index contributed by atoms with van der Waals surface area (Å²) in [5.41, 5.74) is 2.12. The molecule has 0 amide bonds. The van der Waals surface area contributed by atoms with Gasteiger partial charge in [-0.05, 0) is 57.0 Å². The number of para-hydroxylation sites is 2. The van der Waals surface area contributed by atoms with Gasteiger partial charge in [0.1, 0.15) is 0 Å². The Hall–Kier alpha value is -0.770. The van der Waals surface area contributed by atoms with E-state index in [4.69, 9.17) is 9.97 Å². The van der Waals surface area contributed by atoms with Crippen LogP contribution in [0.4, 0.5) is 0 Å². The lowest BCUT2D eigenvalue weighted by Gasteiger charge is -2.24. The van der Waals surface area contributed by atoms with E-state index in [1.54, 1.807) is 58.5 Å². The van der Waals surface area contributed by atoms with Gasteiger partial charge in [-0.3, -0.25) is 0 Å². The Balaban J connectivity index is 1.58. The maximum atomic E-state index is 4.76. The quantitative estimate of drug-likeness (QED) is 0.304. The molecule has 0 aliphatic carbocycles. The van der Waals surface area contributed by atoms with E-state index in [1.165, 1.54) is 9.40 Å². The van der Waals surface area contributed by atoms with E-state index < -0.39 is 0 Å². The molecule has 0 saturated carbocycles. The van der Waals surface area contributed by atoms with E-state index >= 15 is 0 Å². The van der Waals surface area contributed by atoms with Gasteiger partial charge in [0.25, 0.3) is 0 Å². The molecule has 2 aromatic carbocycles. The number of benzene rings is 2. The van der Waals surface area contributed by atoms with Gasteiger partial charge in [-0.25, -0.2) is 9.97 Å². The van der Waals surface area contributed by atoms with Crippen molar-refractivity contribution in [2.75, 3.05) is 0 Å². The summed E-state index contributed by atoms with van der Waals surface area (Å²) < 4.78 is 6.89. The minimum atomic E-state index is 0.105. The molecule has 0 N–H and O–H groups in total. The zero-order valence-electron chi connectivity index (χ0n) is 14.5. The van der Waals surface area contributed by atoms with Crippen molar-refractivity contribution >= 4 is 79.0 Å². The van der Waals surface area contributed by atoms with Gasteiger partial charge in [-0.2, -0.15) is 0 Å². The lowest BCUT2D eigenvalue weighted by Crippen LogP contribution is -2.13. The summed E-state index contributed by atoms with van der Waals surface area (Å²) in [4.78, 5) is 9.53. The highest BCUT2D eigenvalue weighted by Gasteiger charge is 2.23. The predicted molar refractivity (Wildman–Crippen MR) is 120 cm³/mol. The summed E-state index contributed by atoms with van der Waals surface area (Å²) in [7, 11) is 0. The summed E-state index contributed by atoms with van der Waals surface area (Å²) in [6.07, 6.45) is 0. The Morgan fingerprint density at radius 2 is 1.23 bits per heavy atom. The summed E-state index contributed by atoms with van der Waals surface area (Å²) >= 11 is 8.63. The van der Waals surface area contributed by atoms with Crippen LogP contribution in [-0.4, -0.2) is 17.8 Å². The highest BCUT2D eigenvalue weighted by Crippen LogP contribution is 2.47. The first kappa shape index (κ1) is 18.6. The smallest absolute Gasteiger partial charge is 0.167 e. The molecular formula is C18H17N3S5. The molecule has 3 nitrogen and oxygen atoms in total. The standard InChI is InChI=1S/C18H17N3S5/c1-18(2,3)26-21(24-16-19-12-8-4-6-10-14(12)22-16)25-17-20-13-9-5-7-11-15(13)23-17/h4-11H,1-3H3. The topological polar surface area (TPSA) is 29.0 Å². The molecule has 0 bridgehead atoms. The van der Waals surface area contributed by atoms with Gasteiger partial charge >= 0.3 is 0 Å². The average molecular weight is 436 g/mol. The molecule has 0 spiro atoms. The molecule has 0 radical (unpaired) electrons. The molecule has 0 fully saturated rings. The van der Waals surface area contributed by atoms with Crippen molar-refractivity contribution in [2.24, 2.45) is 0 Å². The fourth-order valence-electron chi connectivity index (χ4n) is 2.19. The fraction of sp³-hybridized carbons (Fsp3) is 0.222. The van der Waals surface area contributed by atoms with Crippen LogP contribution in [0, 0.1) is 0 Å². The minimum absolute atomic E-state index is 0.105. The summed E-state index contributed by atoms with van der Waals surface area (Å²) in [6.45, 7) is 6.67. The van der Waals surface area contributed by atoms with Crippen LogP contribution < -0.4 is 0 Å². The van der Waals surface area contributed by atoms with E-state index in [0.29, 0.717) is 0 Å². The van der Waals surface area contributed by atoms with Crippen molar-refractivity contribution in [3.05, 3.63) is 48.5 Å². The van der Waals surface area contributed by atoms with E-state index in [9.17, 15) is 0 Å². The zero-order chi connectivity index (χ0) is 18.1. The lowest BCUT2D eigenvalue weighted by molar-refractivity contribution is 0.793. The molecule has 4 rings (SSSR count). The monoisotopic (exact) mass is 435 g/mol. The fourth-order valence-corrected chi connectivity index (χ4v) is 9.05. The number of hydrogen-bond donors (Lipinski definition) is 0. The number of thiazole rings is 2. The molecule has 2 heterocycles. The molecule has 8 heteroatoms. The van der Waals surface area contributed by atoms with Crippen LogP contribution in [0.5, 0.6) is 0 Å². The molecule has 0 aliphatic rings. The maximum absolute atomic E-state index is 4.76. The van der Waals surface area contributed by atoms with Gasteiger partial charge < -0.3 is 0 Å². The summed E-state index contributed by atoms with van der Waals surface area (Å²) in [5, 5.41) is 0. The van der Waals surface area contributed by atoms with Crippen LogP contribution in [0.15, 0.2) is 57.2 Å². The van der Waals surface area contributed by atoms with Gasteiger partial charge in [-0.1, -0.05) is 24.3 Å². The molecule has 26 heavy (non-hydrogen) atoms. The van der Waals surface area contributed by atoms with Gasteiger partial charge in [0.15, 0.2) is 8.68 Å². The number of aromatic nitrogens is 2. The van der Waals surface area contributed by atoms with Crippen LogP contribution in [0.25, 0.3) is 20.4 Å². The zero-order valence-corrected chi connectivity index (χ0v) is 18.6. The Morgan fingerprint density at radius 1 is 0.769 bits per heavy atom. The second-order valence-corrected chi connectivity index (χ2v) is 13.4. The van der Waals surface area contributed by atoms with Crippen LogP contribution in [-0.2, 0) is 0 Å². The first-order chi connectivity index (χ1) is 12.5. The van der Waals surface area contributed by atoms with Crippen LogP contribution >= 0.6 is 58.5 Å². The van der Waals surface area contributed by atoms with Gasteiger partial charge in [0.2, 0.25) is 0 Å². The third-order valence-corrected chi connectivity index (χ3v) is 8.64. The van der Waals surface area contributed by atoms with Crippen LogP contribution in [0.2, 0.25) is 0 Å². The molecule has 134 valence electrons. The summed E-state index contributed by atoms with van der Waals surface area (Å²) in [6, 6.07) is 16.6. The van der Waals surface area contributed by atoms with E-state index in [2.05, 4.69) is 60.3 Å². The Kier molecular flexibility index (Phi) is 5.50. The predicted octanol–water partition coefficient (Wildman–Crippen LogP) is 7.37. The van der Waals surface area contributed by atoms with Crippen molar-refractivity contribution in [3.63, 3.8) is 0 Å². The number of rotatable bonds is 5. The second-order valence-electron chi connectivity index (χ2n) is 6.50. The molecular weight excluding hydrogens is 419 g/mol. The van der Waals surface area contributed by atoms with Crippen molar-refractivity contribution < 1.29 is 0 Å². The Morgan fingerprint density at radius 3 is 1.65 bits per heavy atom. The Bertz CT molecular complexity index is 892. The number of fused-ring (bicyclic) bond motifs is 2. The highest BCUT2D eigenvalue weighted by molar-refractivity contribution is 8.26. The SMILES string of the molecule is CC(C)(C)SN(Sc1nc2ccccc2s1)Sc1nc2ccccc2s1. The van der Waals surface area contributed by atoms with Crippen LogP contribution in [0.1, 0.15) is 20.8 Å². The van der Waals surface area contributed by atoms with Crippen molar-refractivity contribution in [3.8, 4) is 0 Å². The normalized spacial score (nSPS) is 12.5. The Labute approximate surface area is 174 Å². The maximum Gasteiger partial charge on any atom is 0.167 e. The van der Waals surface area contributed by atoms with Gasteiger partial charge in [-0.15, -0.1) is 25.8 Å². The molecule has 2 aromatic heterocycles. The van der Waals surface area contributed by atoms with Crippen molar-refractivity contribution in [1.82, 2.24) is 13.1 Å². The minimum Gasteiger partial charge on any atom is -0.228 e. The molecule has 0 saturated heterocycles. The molecule has 0 aliphatic heterocycles. The number of nitrogens with zero attached hydrogens (tertiary/aromatic N) is 3. The largest absolute Gasteiger partial charge is 0.228 e. The third kappa shape index (κ3) is 4.55. The van der Waals surface area contributed by atoms with Gasteiger partial charge in [0.05, 0.1) is 20.4 Å². The van der Waals surface area contributed by atoms with Crippen molar-refractivity contribution in [2.45, 2.75) is 34.2 Å².